The van der Waals surface area contributed by atoms with Crippen LogP contribution in [0.4, 0.5) is 0 Å². The summed E-state index contributed by atoms with van der Waals surface area (Å²) >= 11 is 0. The second-order valence-electron chi connectivity index (χ2n) is 3.50. The summed E-state index contributed by atoms with van der Waals surface area (Å²) in [4.78, 5) is 10.9. The monoisotopic (exact) mass is 225 g/mol. The molecule has 0 bridgehead atoms. The van der Waals surface area contributed by atoms with E-state index in [1.807, 2.05) is 0 Å². The average molecular weight is 225 g/mol. The SMILES string of the molecule is CC(O)(CO)CNC(=O)CS(C)(=O)=O. The Balaban J connectivity index is 3.99. The van der Waals surface area contributed by atoms with Crippen molar-refractivity contribution in [3.05, 3.63) is 0 Å². The Kier molecular flexibility index (Phi) is 4.50. The number of amides is 1. The number of aliphatic hydroxyl groups is 2. The first kappa shape index (κ1) is 13.3. The van der Waals surface area contributed by atoms with E-state index in [1.165, 1.54) is 6.92 Å². The zero-order valence-electron chi connectivity index (χ0n) is 8.15. The lowest BCUT2D eigenvalue weighted by atomic mass is 10.1. The summed E-state index contributed by atoms with van der Waals surface area (Å²) in [7, 11) is -3.35. The maximum Gasteiger partial charge on any atom is 0.235 e. The summed E-state index contributed by atoms with van der Waals surface area (Å²) < 4.78 is 21.3. The van der Waals surface area contributed by atoms with Crippen LogP contribution in [0.25, 0.3) is 0 Å². The second-order valence-corrected chi connectivity index (χ2v) is 5.64. The van der Waals surface area contributed by atoms with Crippen molar-refractivity contribution in [2.75, 3.05) is 25.2 Å². The molecule has 1 amide bonds. The zero-order valence-corrected chi connectivity index (χ0v) is 8.97. The van der Waals surface area contributed by atoms with Gasteiger partial charge in [0.25, 0.3) is 0 Å². The fraction of sp³-hybridized carbons (Fsp3) is 0.857. The van der Waals surface area contributed by atoms with Gasteiger partial charge < -0.3 is 15.5 Å². The van der Waals surface area contributed by atoms with Gasteiger partial charge in [-0.2, -0.15) is 0 Å². The van der Waals surface area contributed by atoms with Gasteiger partial charge in [-0.3, -0.25) is 4.79 Å². The molecule has 7 heteroatoms. The van der Waals surface area contributed by atoms with Gasteiger partial charge in [0.15, 0.2) is 9.84 Å². The van der Waals surface area contributed by atoms with Gasteiger partial charge >= 0.3 is 0 Å². The predicted molar refractivity (Wildman–Crippen MR) is 50.4 cm³/mol. The number of rotatable bonds is 5. The fourth-order valence-corrected chi connectivity index (χ4v) is 1.21. The van der Waals surface area contributed by atoms with Crippen LogP contribution in [0.2, 0.25) is 0 Å². The Labute approximate surface area is 82.9 Å². The molecule has 0 saturated heterocycles. The maximum atomic E-state index is 10.9. The van der Waals surface area contributed by atoms with Crippen molar-refractivity contribution in [2.24, 2.45) is 0 Å². The van der Waals surface area contributed by atoms with Gasteiger partial charge in [-0.05, 0) is 6.92 Å². The summed E-state index contributed by atoms with van der Waals surface area (Å²) in [6.07, 6.45) is 0.941. The predicted octanol–water partition coefficient (Wildman–Crippen LogP) is -2.11. The van der Waals surface area contributed by atoms with Gasteiger partial charge in [0, 0.05) is 12.8 Å². The van der Waals surface area contributed by atoms with Crippen molar-refractivity contribution in [3.8, 4) is 0 Å². The minimum atomic E-state index is -3.35. The van der Waals surface area contributed by atoms with Crippen LogP contribution in [0, 0.1) is 0 Å². The van der Waals surface area contributed by atoms with Crippen LogP contribution >= 0.6 is 0 Å². The quantitative estimate of drug-likeness (QED) is 0.497. The van der Waals surface area contributed by atoms with E-state index in [2.05, 4.69) is 5.32 Å². The number of nitrogens with one attached hydrogen (secondary N) is 1. The maximum absolute atomic E-state index is 10.9. The lowest BCUT2D eigenvalue weighted by Gasteiger charge is -2.20. The van der Waals surface area contributed by atoms with E-state index in [0.717, 1.165) is 6.26 Å². The molecule has 3 N–H and O–H groups in total. The normalized spacial score (nSPS) is 16.0. The number of hydrogen-bond acceptors (Lipinski definition) is 5. The second kappa shape index (κ2) is 4.72. The third-order valence-electron chi connectivity index (χ3n) is 1.40. The fourth-order valence-electron chi connectivity index (χ4n) is 0.634. The van der Waals surface area contributed by atoms with Gasteiger partial charge in [-0.15, -0.1) is 0 Å². The molecule has 0 radical (unpaired) electrons. The largest absolute Gasteiger partial charge is 0.393 e. The molecule has 0 rings (SSSR count). The molecule has 0 saturated carbocycles. The summed E-state index contributed by atoms with van der Waals surface area (Å²) in [6, 6.07) is 0. The van der Waals surface area contributed by atoms with Crippen molar-refractivity contribution in [2.45, 2.75) is 12.5 Å². The Bertz CT molecular complexity index is 295. The third kappa shape index (κ3) is 6.81. The highest BCUT2D eigenvalue weighted by Gasteiger charge is 2.20. The number of aliphatic hydroxyl groups excluding tert-OH is 1. The molecule has 0 fully saturated rings. The topological polar surface area (TPSA) is 104 Å². The van der Waals surface area contributed by atoms with Crippen molar-refractivity contribution in [3.63, 3.8) is 0 Å². The lowest BCUT2D eigenvalue weighted by Crippen LogP contribution is -2.44. The van der Waals surface area contributed by atoms with Gasteiger partial charge in [0.05, 0.1) is 6.61 Å². The van der Waals surface area contributed by atoms with Crippen molar-refractivity contribution in [1.82, 2.24) is 5.32 Å². The molecule has 0 aromatic rings. The summed E-state index contributed by atoms with van der Waals surface area (Å²) in [5, 5.41) is 20.1. The van der Waals surface area contributed by atoms with Crippen LogP contribution in [-0.4, -0.2) is 55.3 Å². The molecule has 0 aliphatic carbocycles. The minimum Gasteiger partial charge on any atom is -0.393 e. The van der Waals surface area contributed by atoms with Gasteiger partial charge in [0.2, 0.25) is 5.91 Å². The molecule has 0 aliphatic heterocycles. The average Bonchev–Trinajstić information content (AvgIpc) is 1.98. The van der Waals surface area contributed by atoms with E-state index in [0.29, 0.717) is 0 Å². The van der Waals surface area contributed by atoms with Crippen LogP contribution in [0.15, 0.2) is 0 Å². The molecule has 1 atom stereocenters. The van der Waals surface area contributed by atoms with Crippen molar-refractivity contribution in [1.29, 1.82) is 0 Å². The first-order chi connectivity index (χ1) is 6.16. The molecule has 0 spiro atoms. The van der Waals surface area contributed by atoms with E-state index in [9.17, 15) is 18.3 Å². The number of carbonyl (C=O) groups excluding carboxylic acids is 1. The number of sulfone groups is 1. The minimum absolute atomic E-state index is 0.183. The summed E-state index contributed by atoms with van der Waals surface area (Å²) in [6.45, 7) is 0.637. The summed E-state index contributed by atoms with van der Waals surface area (Å²) in [5.74, 6) is -1.31. The van der Waals surface area contributed by atoms with E-state index < -0.39 is 33.7 Å². The van der Waals surface area contributed by atoms with Crippen LogP contribution in [0.1, 0.15) is 6.92 Å². The molecule has 1 unspecified atom stereocenters. The van der Waals surface area contributed by atoms with Gasteiger partial charge in [0.1, 0.15) is 11.4 Å². The third-order valence-corrected chi connectivity index (χ3v) is 2.19. The molecule has 0 aromatic carbocycles. The highest BCUT2D eigenvalue weighted by molar-refractivity contribution is 7.91. The Morgan fingerprint density at radius 2 is 2.00 bits per heavy atom. The lowest BCUT2D eigenvalue weighted by molar-refractivity contribution is -0.120. The van der Waals surface area contributed by atoms with Crippen molar-refractivity contribution >= 4 is 15.7 Å². The number of hydrogen-bond donors (Lipinski definition) is 3. The molecule has 84 valence electrons. The van der Waals surface area contributed by atoms with Crippen molar-refractivity contribution < 1.29 is 23.4 Å². The Morgan fingerprint density at radius 3 is 2.36 bits per heavy atom. The zero-order chi connectivity index (χ0) is 11.4. The summed E-state index contributed by atoms with van der Waals surface area (Å²) in [5.41, 5.74) is -1.42. The highest BCUT2D eigenvalue weighted by Crippen LogP contribution is 1.98. The molecular weight excluding hydrogens is 210 g/mol. The van der Waals surface area contributed by atoms with E-state index in [1.54, 1.807) is 0 Å². The van der Waals surface area contributed by atoms with Crippen LogP contribution in [0.3, 0.4) is 0 Å². The Hall–Kier alpha value is -0.660. The van der Waals surface area contributed by atoms with E-state index in [-0.39, 0.29) is 6.54 Å². The molecule has 0 heterocycles. The first-order valence-electron chi connectivity index (χ1n) is 3.94. The standard InChI is InChI=1S/C7H15NO5S/c1-7(11,5-9)4-8-6(10)3-14(2,12)13/h9,11H,3-5H2,1-2H3,(H,8,10). The molecular formula is C7H15NO5S. The van der Waals surface area contributed by atoms with Gasteiger partial charge in [-0.1, -0.05) is 0 Å². The highest BCUT2D eigenvalue weighted by atomic mass is 32.2. The van der Waals surface area contributed by atoms with E-state index >= 15 is 0 Å². The molecule has 0 aromatic heterocycles. The van der Waals surface area contributed by atoms with E-state index in [4.69, 9.17) is 5.11 Å². The van der Waals surface area contributed by atoms with Gasteiger partial charge in [-0.25, -0.2) is 8.42 Å². The van der Waals surface area contributed by atoms with Crippen LogP contribution in [0.5, 0.6) is 0 Å². The van der Waals surface area contributed by atoms with Crippen LogP contribution in [-0.2, 0) is 14.6 Å². The van der Waals surface area contributed by atoms with Crippen LogP contribution < -0.4 is 5.32 Å². The number of carbonyl (C=O) groups is 1. The smallest absolute Gasteiger partial charge is 0.235 e. The molecule has 14 heavy (non-hydrogen) atoms. The molecule has 6 nitrogen and oxygen atoms in total. The molecule has 0 aliphatic rings. The Morgan fingerprint density at radius 1 is 1.50 bits per heavy atom. The first-order valence-corrected chi connectivity index (χ1v) is 6.00.